The minimum absolute atomic E-state index is 0.136. The van der Waals surface area contributed by atoms with Crippen molar-refractivity contribution < 1.29 is 14.3 Å². The summed E-state index contributed by atoms with van der Waals surface area (Å²) in [5.74, 6) is 0.351. The third-order valence-corrected chi connectivity index (χ3v) is 6.82. The lowest BCUT2D eigenvalue weighted by atomic mass is 10.0. The number of rotatable bonds is 12. The molecule has 0 aliphatic heterocycles. The van der Waals surface area contributed by atoms with Crippen molar-refractivity contribution in [1.29, 1.82) is 0 Å². The van der Waals surface area contributed by atoms with Crippen molar-refractivity contribution in [2.24, 2.45) is 0 Å². The van der Waals surface area contributed by atoms with E-state index in [9.17, 15) is 9.59 Å². The van der Waals surface area contributed by atoms with Crippen LogP contribution in [0.4, 0.5) is 0 Å². The van der Waals surface area contributed by atoms with E-state index in [1.807, 2.05) is 88.4 Å². The zero-order valence-corrected chi connectivity index (χ0v) is 22.8. The average molecular weight is 501 g/mol. The lowest BCUT2D eigenvalue weighted by Crippen LogP contribution is -2.52. The van der Waals surface area contributed by atoms with Crippen LogP contribution in [0.25, 0.3) is 0 Å². The van der Waals surface area contributed by atoms with Gasteiger partial charge in [-0.05, 0) is 73.6 Å². The second-order valence-corrected chi connectivity index (χ2v) is 9.79. The second-order valence-electron chi connectivity index (χ2n) is 9.79. The van der Waals surface area contributed by atoms with Crippen LogP contribution in [0, 0.1) is 27.7 Å². The molecule has 0 bridgehead atoms. The summed E-state index contributed by atoms with van der Waals surface area (Å²) in [5.41, 5.74) is 6.32. The van der Waals surface area contributed by atoms with Crippen LogP contribution in [0.5, 0.6) is 5.75 Å². The molecular formula is C32H40N2O3. The molecule has 3 aromatic carbocycles. The van der Waals surface area contributed by atoms with E-state index >= 15 is 0 Å². The fourth-order valence-corrected chi connectivity index (χ4v) is 4.40. The molecule has 0 aliphatic carbocycles. The summed E-state index contributed by atoms with van der Waals surface area (Å²) >= 11 is 0. The lowest BCUT2D eigenvalue weighted by molar-refractivity contribution is -0.142. The van der Waals surface area contributed by atoms with Gasteiger partial charge < -0.3 is 15.0 Å². The van der Waals surface area contributed by atoms with Crippen LogP contribution in [0.2, 0.25) is 0 Å². The van der Waals surface area contributed by atoms with Gasteiger partial charge in [0.2, 0.25) is 5.91 Å². The third kappa shape index (κ3) is 7.94. The Morgan fingerprint density at radius 2 is 1.62 bits per heavy atom. The quantitative estimate of drug-likeness (QED) is 0.317. The van der Waals surface area contributed by atoms with Crippen molar-refractivity contribution in [2.75, 3.05) is 13.2 Å². The first-order valence-electron chi connectivity index (χ1n) is 13.2. The zero-order chi connectivity index (χ0) is 26.8. The second kappa shape index (κ2) is 13.6. The SMILES string of the molecule is CCCCNC(=O)[C@H](Cc1ccccc1)N(Cc1ccccc1C)C(=O)COc1cc(C)cc(C)c1C. The number of carbonyl (C=O) groups is 2. The maximum Gasteiger partial charge on any atom is 0.261 e. The number of benzene rings is 3. The third-order valence-electron chi connectivity index (χ3n) is 6.82. The summed E-state index contributed by atoms with van der Waals surface area (Å²) in [6.07, 6.45) is 2.31. The first kappa shape index (κ1) is 28.0. The Bertz CT molecular complexity index is 1190. The number of nitrogens with zero attached hydrogens (tertiary/aromatic N) is 1. The van der Waals surface area contributed by atoms with Gasteiger partial charge in [0.25, 0.3) is 5.91 Å². The van der Waals surface area contributed by atoms with Gasteiger partial charge in [0, 0.05) is 19.5 Å². The van der Waals surface area contributed by atoms with Crippen LogP contribution >= 0.6 is 0 Å². The molecule has 0 saturated carbocycles. The van der Waals surface area contributed by atoms with E-state index < -0.39 is 6.04 Å². The first-order chi connectivity index (χ1) is 17.8. The molecule has 37 heavy (non-hydrogen) atoms. The fraction of sp³-hybridized carbons (Fsp3) is 0.375. The molecular weight excluding hydrogens is 460 g/mol. The molecule has 3 aromatic rings. The van der Waals surface area contributed by atoms with Crippen molar-refractivity contribution in [1.82, 2.24) is 10.2 Å². The highest BCUT2D eigenvalue weighted by Crippen LogP contribution is 2.24. The van der Waals surface area contributed by atoms with E-state index in [1.165, 1.54) is 0 Å². The number of aryl methyl sites for hydroxylation is 3. The first-order valence-corrected chi connectivity index (χ1v) is 13.2. The Hall–Kier alpha value is -3.60. The number of unbranched alkanes of at least 4 members (excludes halogenated alkanes) is 1. The molecule has 196 valence electrons. The molecule has 1 N–H and O–H groups in total. The van der Waals surface area contributed by atoms with Crippen LogP contribution < -0.4 is 10.1 Å². The number of hydrogen-bond acceptors (Lipinski definition) is 3. The average Bonchev–Trinajstić information content (AvgIpc) is 2.88. The maximum atomic E-state index is 13.8. The summed E-state index contributed by atoms with van der Waals surface area (Å²) in [7, 11) is 0. The van der Waals surface area contributed by atoms with Gasteiger partial charge in [-0.2, -0.15) is 0 Å². The van der Waals surface area contributed by atoms with Crippen molar-refractivity contribution >= 4 is 11.8 Å². The van der Waals surface area contributed by atoms with Gasteiger partial charge in [-0.1, -0.05) is 74.0 Å². The molecule has 0 spiro atoms. The predicted octanol–water partition coefficient (Wildman–Crippen LogP) is 5.86. The molecule has 0 unspecified atom stereocenters. The van der Waals surface area contributed by atoms with E-state index in [0.29, 0.717) is 25.3 Å². The van der Waals surface area contributed by atoms with E-state index in [1.54, 1.807) is 4.90 Å². The summed E-state index contributed by atoms with van der Waals surface area (Å²) < 4.78 is 6.06. The number of nitrogens with one attached hydrogen (secondary N) is 1. The molecule has 0 radical (unpaired) electrons. The van der Waals surface area contributed by atoms with Gasteiger partial charge in [0.1, 0.15) is 11.8 Å². The Morgan fingerprint density at radius 3 is 2.32 bits per heavy atom. The molecule has 3 rings (SSSR count). The van der Waals surface area contributed by atoms with Crippen LogP contribution in [0.15, 0.2) is 66.7 Å². The fourth-order valence-electron chi connectivity index (χ4n) is 4.40. The monoisotopic (exact) mass is 500 g/mol. The van der Waals surface area contributed by atoms with Gasteiger partial charge in [-0.25, -0.2) is 0 Å². The largest absolute Gasteiger partial charge is 0.483 e. The van der Waals surface area contributed by atoms with Crippen molar-refractivity contribution in [2.45, 2.75) is 66.5 Å². The van der Waals surface area contributed by atoms with Crippen LogP contribution in [0.3, 0.4) is 0 Å². The van der Waals surface area contributed by atoms with Gasteiger partial charge in [-0.15, -0.1) is 0 Å². The lowest BCUT2D eigenvalue weighted by Gasteiger charge is -2.32. The molecule has 0 saturated heterocycles. The van der Waals surface area contributed by atoms with E-state index in [4.69, 9.17) is 4.74 Å². The van der Waals surface area contributed by atoms with Crippen molar-refractivity contribution in [3.05, 3.63) is 100 Å². The molecule has 2 amide bonds. The summed E-state index contributed by atoms with van der Waals surface area (Å²) in [5, 5.41) is 3.06. The number of hydrogen-bond donors (Lipinski definition) is 1. The highest BCUT2D eigenvalue weighted by molar-refractivity contribution is 5.88. The topological polar surface area (TPSA) is 58.6 Å². The van der Waals surface area contributed by atoms with E-state index in [2.05, 4.69) is 18.3 Å². The van der Waals surface area contributed by atoms with Crippen molar-refractivity contribution in [3.8, 4) is 5.75 Å². The Labute approximate surface area is 221 Å². The van der Waals surface area contributed by atoms with Gasteiger partial charge in [-0.3, -0.25) is 9.59 Å². The normalized spacial score (nSPS) is 11.6. The number of ether oxygens (including phenoxy) is 1. The maximum absolute atomic E-state index is 13.8. The van der Waals surface area contributed by atoms with Gasteiger partial charge in [0.15, 0.2) is 6.61 Å². The minimum atomic E-state index is -0.657. The standard InChI is InChI=1S/C32H40N2O3/c1-6-7-17-33-32(36)29(20-27-14-9-8-10-15-27)34(21-28-16-12-11-13-24(28)3)31(35)22-37-30-19-23(2)18-25(4)26(30)5/h8-16,18-19,29H,6-7,17,20-22H2,1-5H3,(H,33,36)/t29-/m0/s1. The number of carbonyl (C=O) groups excluding carboxylic acids is 2. The van der Waals surface area contributed by atoms with E-state index in [-0.39, 0.29) is 18.4 Å². The van der Waals surface area contributed by atoms with Crippen LogP contribution in [-0.4, -0.2) is 35.9 Å². The highest BCUT2D eigenvalue weighted by Gasteiger charge is 2.31. The van der Waals surface area contributed by atoms with Gasteiger partial charge in [0.05, 0.1) is 0 Å². The molecule has 5 nitrogen and oxygen atoms in total. The molecule has 1 atom stereocenters. The molecule has 0 aliphatic rings. The molecule has 0 fully saturated rings. The summed E-state index contributed by atoms with van der Waals surface area (Å²) in [6, 6.07) is 21.3. The zero-order valence-electron chi connectivity index (χ0n) is 22.8. The molecule has 0 aromatic heterocycles. The Kier molecular flexibility index (Phi) is 10.3. The molecule has 0 heterocycles. The van der Waals surface area contributed by atoms with Crippen LogP contribution in [0.1, 0.15) is 53.1 Å². The summed E-state index contributed by atoms with van der Waals surface area (Å²) in [6.45, 7) is 11.0. The summed E-state index contributed by atoms with van der Waals surface area (Å²) in [4.78, 5) is 29.0. The van der Waals surface area contributed by atoms with E-state index in [0.717, 1.165) is 46.2 Å². The van der Waals surface area contributed by atoms with Gasteiger partial charge >= 0.3 is 0 Å². The Balaban J connectivity index is 1.93. The minimum Gasteiger partial charge on any atom is -0.483 e. The highest BCUT2D eigenvalue weighted by atomic mass is 16.5. The predicted molar refractivity (Wildman–Crippen MR) is 150 cm³/mol. The Morgan fingerprint density at radius 1 is 0.919 bits per heavy atom. The number of amides is 2. The smallest absolute Gasteiger partial charge is 0.261 e. The van der Waals surface area contributed by atoms with Crippen LogP contribution in [-0.2, 0) is 22.6 Å². The van der Waals surface area contributed by atoms with Crippen molar-refractivity contribution in [3.63, 3.8) is 0 Å². The molecule has 5 heteroatoms.